The standard InChI is InChI=1S/C46H47N9O4/c1-30-8-14-41(44(56)51-30)55-45(57)36-6-2-7-39(43(36)46(55)58)49-26-31-9-15-42(50-27-31)59-24-4-19-54-22-20-53(21-23-54)18-3-5-34-12-10-33(28-48-34)32-11-13-35-37-29-47-17-16-38(37)52-40(35)25-32/h2,6-7,9-13,15-17,25,27-29,41,49,52H,1,3-5,8,14,18-24,26H2,(H,51,56). The van der Waals surface area contributed by atoms with Gasteiger partial charge in [0.05, 0.1) is 17.7 Å². The molecular weight excluding hydrogens is 743 g/mol. The van der Waals surface area contributed by atoms with Crippen molar-refractivity contribution in [3.8, 4) is 17.0 Å². The molecule has 300 valence electrons. The Kier molecular flexibility index (Phi) is 10.9. The van der Waals surface area contributed by atoms with E-state index in [0.717, 1.165) is 102 Å². The number of rotatable bonds is 14. The molecule has 6 aromatic rings. The van der Waals surface area contributed by atoms with Crippen LogP contribution in [0.4, 0.5) is 5.69 Å². The van der Waals surface area contributed by atoms with Crippen molar-refractivity contribution in [1.29, 1.82) is 0 Å². The number of ether oxygens (including phenoxy) is 1. The number of piperazine rings is 1. The molecule has 2 saturated heterocycles. The molecule has 59 heavy (non-hydrogen) atoms. The number of benzene rings is 2. The summed E-state index contributed by atoms with van der Waals surface area (Å²) >= 11 is 0. The number of allylic oxidation sites excluding steroid dienone is 1. The maximum atomic E-state index is 13.4. The van der Waals surface area contributed by atoms with Gasteiger partial charge in [0.2, 0.25) is 11.8 Å². The first-order valence-corrected chi connectivity index (χ1v) is 20.4. The van der Waals surface area contributed by atoms with Gasteiger partial charge < -0.3 is 30.2 Å². The summed E-state index contributed by atoms with van der Waals surface area (Å²) in [4.78, 5) is 62.4. The van der Waals surface area contributed by atoms with Crippen molar-refractivity contribution in [1.82, 2.24) is 40.0 Å². The number of aromatic amines is 1. The van der Waals surface area contributed by atoms with Crippen LogP contribution in [0.5, 0.6) is 5.88 Å². The lowest BCUT2D eigenvalue weighted by atomic mass is 10.0. The Labute approximate surface area is 342 Å². The number of piperidine rings is 1. The molecule has 4 aromatic heterocycles. The van der Waals surface area contributed by atoms with E-state index in [9.17, 15) is 14.4 Å². The highest BCUT2D eigenvalue weighted by Crippen LogP contribution is 2.33. The van der Waals surface area contributed by atoms with Crippen LogP contribution in [0.15, 0.2) is 104 Å². The summed E-state index contributed by atoms with van der Waals surface area (Å²) in [6, 6.07) is 20.9. The van der Waals surface area contributed by atoms with Gasteiger partial charge in [-0.15, -0.1) is 0 Å². The van der Waals surface area contributed by atoms with Gasteiger partial charge in [-0.3, -0.25) is 29.3 Å². The van der Waals surface area contributed by atoms with Crippen LogP contribution < -0.4 is 15.4 Å². The molecular formula is C46H47N9O4. The normalized spacial score (nSPS) is 17.5. The summed E-state index contributed by atoms with van der Waals surface area (Å²) < 4.78 is 5.96. The number of aryl methyl sites for hydroxylation is 1. The van der Waals surface area contributed by atoms with Gasteiger partial charge >= 0.3 is 0 Å². The predicted octanol–water partition coefficient (Wildman–Crippen LogP) is 6.19. The summed E-state index contributed by atoms with van der Waals surface area (Å²) in [5, 5.41) is 8.29. The summed E-state index contributed by atoms with van der Waals surface area (Å²) in [6.07, 6.45) is 11.3. The number of hydrogen-bond donors (Lipinski definition) is 3. The Morgan fingerprint density at radius 3 is 2.42 bits per heavy atom. The Morgan fingerprint density at radius 2 is 1.64 bits per heavy atom. The van der Waals surface area contributed by atoms with Gasteiger partial charge in [-0.05, 0) is 80.1 Å². The summed E-state index contributed by atoms with van der Waals surface area (Å²) in [6.45, 7) is 11.1. The number of aromatic nitrogens is 4. The smallest absolute Gasteiger partial charge is 0.264 e. The van der Waals surface area contributed by atoms with Crippen LogP contribution in [0.3, 0.4) is 0 Å². The average molecular weight is 790 g/mol. The number of pyridine rings is 3. The highest BCUT2D eigenvalue weighted by Gasteiger charge is 2.45. The molecule has 0 radical (unpaired) electrons. The number of fused-ring (bicyclic) bond motifs is 4. The topological polar surface area (TPSA) is 149 Å². The zero-order valence-electron chi connectivity index (χ0n) is 33.0. The van der Waals surface area contributed by atoms with Gasteiger partial charge in [0.25, 0.3) is 11.8 Å². The first kappa shape index (κ1) is 38.1. The molecule has 0 bridgehead atoms. The Hall–Kier alpha value is -6.44. The molecule has 1 unspecified atom stereocenters. The van der Waals surface area contributed by atoms with E-state index < -0.39 is 17.9 Å². The zero-order valence-corrected chi connectivity index (χ0v) is 33.0. The van der Waals surface area contributed by atoms with E-state index >= 15 is 0 Å². The summed E-state index contributed by atoms with van der Waals surface area (Å²) in [5.41, 5.74) is 8.22. The largest absolute Gasteiger partial charge is 0.478 e. The number of carbonyl (C=O) groups is 3. The molecule has 2 fully saturated rings. The summed E-state index contributed by atoms with van der Waals surface area (Å²) in [5.74, 6) is -0.735. The number of carbonyl (C=O) groups excluding carboxylic acids is 3. The lowest BCUT2D eigenvalue weighted by molar-refractivity contribution is -0.125. The quantitative estimate of drug-likeness (QED) is 0.0862. The monoisotopic (exact) mass is 789 g/mol. The molecule has 3 amide bonds. The van der Waals surface area contributed by atoms with E-state index in [1.807, 2.05) is 36.8 Å². The van der Waals surface area contributed by atoms with Crippen LogP contribution in [0.1, 0.15) is 57.7 Å². The predicted molar refractivity (Wildman–Crippen MR) is 227 cm³/mol. The number of hydrogen-bond acceptors (Lipinski definition) is 10. The number of H-pyrrole nitrogens is 1. The van der Waals surface area contributed by atoms with Crippen LogP contribution in [0.25, 0.3) is 32.9 Å². The van der Waals surface area contributed by atoms with Gasteiger partial charge in [-0.2, -0.15) is 0 Å². The van der Waals surface area contributed by atoms with Crippen molar-refractivity contribution in [2.75, 3.05) is 51.2 Å². The molecule has 7 heterocycles. The molecule has 3 aliphatic rings. The van der Waals surface area contributed by atoms with E-state index in [2.05, 4.69) is 72.3 Å². The molecule has 0 saturated carbocycles. The van der Waals surface area contributed by atoms with Crippen molar-refractivity contribution in [3.63, 3.8) is 0 Å². The van der Waals surface area contributed by atoms with Crippen LogP contribution in [0, 0.1) is 0 Å². The van der Waals surface area contributed by atoms with E-state index in [1.165, 1.54) is 5.39 Å². The third kappa shape index (κ3) is 8.16. The second-order valence-electron chi connectivity index (χ2n) is 15.5. The van der Waals surface area contributed by atoms with E-state index in [1.54, 1.807) is 24.4 Å². The minimum absolute atomic E-state index is 0.287. The molecule has 0 spiro atoms. The van der Waals surface area contributed by atoms with Crippen molar-refractivity contribution in [2.24, 2.45) is 0 Å². The fraction of sp³-hybridized carbons (Fsp3) is 0.304. The third-order valence-corrected chi connectivity index (χ3v) is 11.7. The first-order valence-electron chi connectivity index (χ1n) is 20.4. The number of anilines is 1. The number of amides is 3. The number of nitrogens with zero attached hydrogens (tertiary/aromatic N) is 6. The minimum Gasteiger partial charge on any atom is -0.478 e. The highest BCUT2D eigenvalue weighted by atomic mass is 16.5. The number of nitrogens with one attached hydrogen (secondary N) is 3. The fourth-order valence-electron chi connectivity index (χ4n) is 8.39. The molecule has 1 atom stereocenters. The molecule has 3 N–H and O–H groups in total. The first-order chi connectivity index (χ1) is 28.9. The van der Waals surface area contributed by atoms with Gasteiger partial charge in [0, 0.05) is 115 Å². The van der Waals surface area contributed by atoms with E-state index in [0.29, 0.717) is 48.8 Å². The molecule has 13 nitrogen and oxygen atoms in total. The van der Waals surface area contributed by atoms with Crippen LogP contribution in [0.2, 0.25) is 0 Å². The Balaban J connectivity index is 0.666. The molecule has 3 aliphatic heterocycles. The zero-order chi connectivity index (χ0) is 40.3. The molecule has 13 heteroatoms. The van der Waals surface area contributed by atoms with Crippen molar-refractivity contribution in [2.45, 2.75) is 44.7 Å². The maximum absolute atomic E-state index is 13.4. The van der Waals surface area contributed by atoms with Crippen LogP contribution >= 0.6 is 0 Å². The fourth-order valence-corrected chi connectivity index (χ4v) is 8.39. The van der Waals surface area contributed by atoms with Crippen LogP contribution in [-0.4, -0.2) is 104 Å². The second kappa shape index (κ2) is 16.8. The Bertz CT molecular complexity index is 2530. The number of imide groups is 1. The summed E-state index contributed by atoms with van der Waals surface area (Å²) in [7, 11) is 0. The lowest BCUT2D eigenvalue weighted by Gasteiger charge is -2.34. The Morgan fingerprint density at radius 1 is 0.814 bits per heavy atom. The van der Waals surface area contributed by atoms with Crippen molar-refractivity contribution >= 4 is 45.2 Å². The second-order valence-corrected chi connectivity index (χ2v) is 15.5. The minimum atomic E-state index is -0.850. The van der Waals surface area contributed by atoms with Crippen LogP contribution in [-0.2, 0) is 17.8 Å². The van der Waals surface area contributed by atoms with E-state index in [4.69, 9.17) is 9.72 Å². The van der Waals surface area contributed by atoms with Crippen molar-refractivity contribution < 1.29 is 19.1 Å². The third-order valence-electron chi connectivity index (χ3n) is 11.7. The lowest BCUT2D eigenvalue weighted by Crippen LogP contribution is -2.51. The molecule has 0 aliphatic carbocycles. The van der Waals surface area contributed by atoms with Gasteiger partial charge in [0.1, 0.15) is 6.04 Å². The van der Waals surface area contributed by atoms with Gasteiger partial charge in [-0.1, -0.05) is 36.9 Å². The SMILES string of the molecule is C=C1CCC(N2C(=O)c3cccc(NCc4ccc(OCCCN5CCN(CCCc6ccc(-c7ccc8c(c7)[nH]c7ccncc78)cn6)CC5)nc4)c3C2=O)C(=O)N1. The van der Waals surface area contributed by atoms with Crippen molar-refractivity contribution in [3.05, 3.63) is 126 Å². The maximum Gasteiger partial charge on any atom is 0.264 e. The molecule has 9 rings (SSSR count). The van der Waals surface area contributed by atoms with Gasteiger partial charge in [-0.25, -0.2) is 4.98 Å². The van der Waals surface area contributed by atoms with Gasteiger partial charge in [0.15, 0.2) is 0 Å². The van der Waals surface area contributed by atoms with E-state index in [-0.39, 0.29) is 11.5 Å². The average Bonchev–Trinajstić information content (AvgIpc) is 3.76. The highest BCUT2D eigenvalue weighted by molar-refractivity contribution is 6.25. The molecule has 2 aromatic carbocycles.